The average Bonchev–Trinajstić information content (AvgIpc) is 2.65. The van der Waals surface area contributed by atoms with E-state index in [-0.39, 0.29) is 11.2 Å². The van der Waals surface area contributed by atoms with Gasteiger partial charge in [-0.15, -0.1) is 0 Å². The fourth-order valence-electron chi connectivity index (χ4n) is 2.72. The van der Waals surface area contributed by atoms with Gasteiger partial charge < -0.3 is 14.8 Å². The van der Waals surface area contributed by atoms with Crippen molar-refractivity contribution in [2.45, 2.75) is 52.2 Å². The van der Waals surface area contributed by atoms with E-state index < -0.39 is 0 Å². The minimum atomic E-state index is -0.318. The number of nitrogens with zero attached hydrogens (tertiary/aromatic N) is 1. The van der Waals surface area contributed by atoms with Crippen LogP contribution in [0.1, 0.15) is 39.3 Å². The summed E-state index contributed by atoms with van der Waals surface area (Å²) in [6.07, 6.45) is 2.37. The second kappa shape index (κ2) is 10.0. The van der Waals surface area contributed by atoms with Crippen LogP contribution in [0.15, 0.2) is 35.1 Å². The molecule has 3 rings (SSSR count). The van der Waals surface area contributed by atoms with Crippen molar-refractivity contribution in [2.75, 3.05) is 13.1 Å². The summed E-state index contributed by atoms with van der Waals surface area (Å²) < 4.78 is 10.5. The molecule has 28 heavy (non-hydrogen) atoms. The second-order valence-corrected chi connectivity index (χ2v) is 7.65. The van der Waals surface area contributed by atoms with Crippen molar-refractivity contribution in [3.63, 3.8) is 0 Å². The molecule has 2 aromatic rings. The van der Waals surface area contributed by atoms with Crippen LogP contribution >= 0.6 is 0 Å². The summed E-state index contributed by atoms with van der Waals surface area (Å²) in [5, 5.41) is 9.76. The molecule has 0 atom stereocenters. The molecule has 1 aliphatic heterocycles. The first-order valence-corrected chi connectivity index (χ1v) is 9.44. The van der Waals surface area contributed by atoms with Gasteiger partial charge in [-0.2, -0.15) is 5.10 Å². The summed E-state index contributed by atoms with van der Waals surface area (Å²) >= 11 is 0. The van der Waals surface area contributed by atoms with Gasteiger partial charge in [-0.25, -0.2) is 5.10 Å². The third kappa shape index (κ3) is 7.15. The smallest absolute Gasteiger partial charge is 0.293 e. The van der Waals surface area contributed by atoms with Crippen molar-refractivity contribution in [1.29, 1.82) is 0 Å². The van der Waals surface area contributed by atoms with Crippen molar-refractivity contribution in [2.24, 2.45) is 0 Å². The van der Waals surface area contributed by atoms with E-state index in [2.05, 4.69) is 20.3 Å². The number of nitrogens with one attached hydrogen (secondary N) is 2. The van der Waals surface area contributed by atoms with Crippen molar-refractivity contribution in [3.8, 4) is 16.9 Å². The predicted octanol–water partition coefficient (Wildman–Crippen LogP) is 2.83. The van der Waals surface area contributed by atoms with Gasteiger partial charge in [-0.3, -0.25) is 9.59 Å². The molecular weight excluding hydrogens is 358 g/mol. The zero-order valence-corrected chi connectivity index (χ0v) is 17.0. The van der Waals surface area contributed by atoms with Crippen molar-refractivity contribution in [1.82, 2.24) is 15.5 Å². The average molecular weight is 387 g/mol. The molecule has 1 aromatic carbocycles. The van der Waals surface area contributed by atoms with Crippen LogP contribution in [-0.2, 0) is 9.53 Å². The molecule has 0 unspecified atom stereocenters. The number of carbonyl (C=O) groups excluding carboxylic acids is 1. The highest BCUT2D eigenvalue weighted by molar-refractivity contribution is 5.65. The lowest BCUT2D eigenvalue weighted by Crippen LogP contribution is -2.34. The molecule has 2 N–H and O–H groups in total. The fraction of sp³-hybridized carbons (Fsp3) is 0.476. The predicted molar refractivity (Wildman–Crippen MR) is 108 cm³/mol. The van der Waals surface area contributed by atoms with Gasteiger partial charge in [0.25, 0.3) is 12.0 Å². The quantitative estimate of drug-likeness (QED) is 0.784. The number of aromatic nitrogens is 2. The van der Waals surface area contributed by atoms with E-state index in [9.17, 15) is 9.59 Å². The van der Waals surface area contributed by atoms with E-state index in [0.29, 0.717) is 12.6 Å². The van der Waals surface area contributed by atoms with Crippen LogP contribution in [0, 0.1) is 6.92 Å². The molecule has 2 heterocycles. The number of rotatable bonds is 4. The van der Waals surface area contributed by atoms with Gasteiger partial charge in [0.1, 0.15) is 17.5 Å². The maximum Gasteiger partial charge on any atom is 0.293 e. The van der Waals surface area contributed by atoms with Crippen LogP contribution in [0.5, 0.6) is 5.75 Å². The lowest BCUT2D eigenvalue weighted by atomic mass is 10.1. The zero-order chi connectivity index (χ0) is 20.6. The standard InChI is InChI=1S/C16H19N3O2.C5H10O2/c1-11-15(10-16(20)19-18-11)12-2-4-13(5-3-12)21-14-6-8-17-9-7-14;1-5(2,3)7-4-6/h2-5,10,14,17H,6-9H2,1H3,(H,19,20);4H,1-3H3. The van der Waals surface area contributed by atoms with Gasteiger partial charge >= 0.3 is 0 Å². The maximum absolute atomic E-state index is 11.4. The summed E-state index contributed by atoms with van der Waals surface area (Å²) in [6.45, 7) is 9.83. The molecule has 0 saturated carbocycles. The van der Waals surface area contributed by atoms with E-state index in [1.54, 1.807) is 6.07 Å². The lowest BCUT2D eigenvalue weighted by Gasteiger charge is -2.23. The van der Waals surface area contributed by atoms with Gasteiger partial charge in [-0.05, 0) is 71.3 Å². The number of aromatic amines is 1. The van der Waals surface area contributed by atoms with Gasteiger partial charge in [0.2, 0.25) is 0 Å². The summed E-state index contributed by atoms with van der Waals surface area (Å²) in [5.41, 5.74) is 2.13. The first-order chi connectivity index (χ1) is 13.3. The highest BCUT2D eigenvalue weighted by Gasteiger charge is 2.14. The van der Waals surface area contributed by atoms with E-state index in [1.165, 1.54) is 0 Å². The van der Waals surface area contributed by atoms with Crippen molar-refractivity contribution < 1.29 is 14.3 Å². The molecule has 7 nitrogen and oxygen atoms in total. The zero-order valence-electron chi connectivity index (χ0n) is 17.0. The molecule has 7 heteroatoms. The number of piperidine rings is 1. The largest absolute Gasteiger partial charge is 0.490 e. The number of hydrogen-bond acceptors (Lipinski definition) is 6. The number of carbonyl (C=O) groups is 1. The molecule has 0 radical (unpaired) electrons. The summed E-state index contributed by atoms with van der Waals surface area (Å²) in [6, 6.07) is 9.43. The van der Waals surface area contributed by atoms with E-state index in [1.807, 2.05) is 52.0 Å². The first-order valence-electron chi connectivity index (χ1n) is 9.44. The van der Waals surface area contributed by atoms with E-state index in [0.717, 1.165) is 48.5 Å². The van der Waals surface area contributed by atoms with E-state index >= 15 is 0 Å². The molecule has 0 bridgehead atoms. The Hall–Kier alpha value is -2.67. The van der Waals surface area contributed by atoms with Crippen LogP contribution in [0.3, 0.4) is 0 Å². The topological polar surface area (TPSA) is 93.3 Å². The van der Waals surface area contributed by atoms with Crippen molar-refractivity contribution in [3.05, 3.63) is 46.4 Å². The molecule has 1 fully saturated rings. The molecule has 1 saturated heterocycles. The second-order valence-electron chi connectivity index (χ2n) is 7.65. The number of H-pyrrole nitrogens is 1. The van der Waals surface area contributed by atoms with Crippen LogP contribution in [0.2, 0.25) is 0 Å². The Bertz CT molecular complexity index is 804. The molecule has 0 aliphatic carbocycles. The van der Waals surface area contributed by atoms with Gasteiger partial charge in [0, 0.05) is 11.6 Å². The van der Waals surface area contributed by atoms with Crippen LogP contribution in [0.25, 0.3) is 11.1 Å². The Kier molecular flexibility index (Phi) is 7.75. The Morgan fingerprint density at radius 1 is 1.14 bits per heavy atom. The Morgan fingerprint density at radius 2 is 1.79 bits per heavy atom. The number of hydrogen-bond donors (Lipinski definition) is 2. The van der Waals surface area contributed by atoms with Gasteiger partial charge in [0.15, 0.2) is 0 Å². The molecule has 0 amide bonds. The molecule has 0 spiro atoms. The first kappa shape index (κ1) is 21.6. The molecule has 152 valence electrons. The van der Waals surface area contributed by atoms with Gasteiger partial charge in [-0.1, -0.05) is 12.1 Å². The molecular formula is C21H29N3O4. The van der Waals surface area contributed by atoms with Crippen molar-refractivity contribution >= 4 is 6.47 Å². The van der Waals surface area contributed by atoms with E-state index in [4.69, 9.17) is 4.74 Å². The Morgan fingerprint density at radius 3 is 2.32 bits per heavy atom. The van der Waals surface area contributed by atoms with Gasteiger partial charge in [0.05, 0.1) is 5.69 Å². The Balaban J connectivity index is 0.000000345. The number of aryl methyl sites for hydroxylation is 1. The third-order valence-corrected chi connectivity index (χ3v) is 4.15. The lowest BCUT2D eigenvalue weighted by molar-refractivity contribution is -0.138. The monoisotopic (exact) mass is 387 g/mol. The molecule has 1 aliphatic rings. The van der Waals surface area contributed by atoms with Crippen LogP contribution in [0.4, 0.5) is 0 Å². The molecule has 1 aromatic heterocycles. The third-order valence-electron chi connectivity index (χ3n) is 4.15. The highest BCUT2D eigenvalue weighted by atomic mass is 16.5. The summed E-state index contributed by atoms with van der Waals surface area (Å²) in [7, 11) is 0. The van der Waals surface area contributed by atoms with Crippen LogP contribution < -0.4 is 15.6 Å². The summed E-state index contributed by atoms with van der Waals surface area (Å²) in [5.74, 6) is 0.876. The van der Waals surface area contributed by atoms with Crippen LogP contribution in [-0.4, -0.2) is 41.5 Å². The minimum absolute atomic E-state index is 0.189. The number of benzene rings is 1. The Labute approximate surface area is 165 Å². The normalized spacial score (nSPS) is 14.6. The highest BCUT2D eigenvalue weighted by Crippen LogP contribution is 2.24. The maximum atomic E-state index is 11.4. The summed E-state index contributed by atoms with van der Waals surface area (Å²) in [4.78, 5) is 21.0. The minimum Gasteiger partial charge on any atom is -0.490 e. The SMILES string of the molecule is CC(C)(C)OC=O.Cc1n[nH]c(=O)cc1-c1ccc(OC2CCNCC2)cc1. The fourth-order valence-corrected chi connectivity index (χ4v) is 2.72. The number of ether oxygens (including phenoxy) is 2.